The maximum atomic E-state index is 11.0. The summed E-state index contributed by atoms with van der Waals surface area (Å²) in [5.74, 6) is -0.452. The van der Waals surface area contributed by atoms with Gasteiger partial charge >= 0.3 is 0 Å². The zero-order chi connectivity index (χ0) is 11.0. The number of nitrogens with one attached hydrogen (secondary N) is 1. The summed E-state index contributed by atoms with van der Waals surface area (Å²) in [5.41, 5.74) is 5.05. The molecule has 78 valence electrons. The molecule has 0 aliphatic carbocycles. The van der Waals surface area contributed by atoms with Gasteiger partial charge in [0.1, 0.15) is 11.4 Å². The van der Waals surface area contributed by atoms with Crippen molar-refractivity contribution in [2.24, 2.45) is 16.1 Å². The Morgan fingerprint density at radius 3 is 2.57 bits per heavy atom. The van der Waals surface area contributed by atoms with Gasteiger partial charge in [0.05, 0.1) is 0 Å². The number of nitrogens with two attached hydrogens (primary N) is 1. The number of amides is 1. The molecule has 1 aliphatic heterocycles. The summed E-state index contributed by atoms with van der Waals surface area (Å²) >= 11 is 0. The van der Waals surface area contributed by atoms with E-state index in [9.17, 15) is 4.79 Å². The molecule has 0 aromatic rings. The van der Waals surface area contributed by atoms with Gasteiger partial charge in [-0.15, -0.1) is 0 Å². The normalized spacial score (nSPS) is 26.7. The predicted octanol–water partition coefficient (Wildman–Crippen LogP) is 0.792. The molecular formula is C10H17N3O. The van der Waals surface area contributed by atoms with Gasteiger partial charge in [-0.2, -0.15) is 0 Å². The largest absolute Gasteiger partial charge is 0.364 e. The number of rotatable bonds is 1. The fourth-order valence-electron chi connectivity index (χ4n) is 1.12. The molecule has 1 rings (SSSR count). The van der Waals surface area contributed by atoms with Crippen molar-refractivity contribution in [2.45, 2.75) is 33.4 Å². The van der Waals surface area contributed by atoms with E-state index in [1.54, 1.807) is 12.3 Å². The predicted molar refractivity (Wildman–Crippen MR) is 56.8 cm³/mol. The summed E-state index contributed by atoms with van der Waals surface area (Å²) in [6, 6.07) is 0. The van der Waals surface area contributed by atoms with Crippen LogP contribution >= 0.6 is 0 Å². The summed E-state index contributed by atoms with van der Waals surface area (Å²) in [6.07, 6.45) is 3.22. The SMILES string of the molecule is CC(C)(C)C1(C)N=CC=C(C(N)=O)N1. The molecule has 0 fully saturated rings. The first-order chi connectivity index (χ1) is 6.26. The van der Waals surface area contributed by atoms with Gasteiger partial charge in [-0.1, -0.05) is 20.8 Å². The molecule has 0 aromatic carbocycles. The minimum atomic E-state index is -0.480. The number of hydrogen-bond acceptors (Lipinski definition) is 3. The first-order valence-corrected chi connectivity index (χ1v) is 4.60. The molecule has 14 heavy (non-hydrogen) atoms. The second kappa shape index (κ2) is 3.12. The highest BCUT2D eigenvalue weighted by atomic mass is 16.1. The lowest BCUT2D eigenvalue weighted by Crippen LogP contribution is -2.53. The monoisotopic (exact) mass is 195 g/mol. The third-order valence-corrected chi connectivity index (χ3v) is 2.68. The molecule has 1 aliphatic rings. The summed E-state index contributed by atoms with van der Waals surface area (Å²) in [6.45, 7) is 8.11. The van der Waals surface area contributed by atoms with Crippen LogP contribution in [0.25, 0.3) is 0 Å². The molecule has 3 N–H and O–H groups in total. The first kappa shape index (κ1) is 10.8. The molecule has 1 heterocycles. The van der Waals surface area contributed by atoms with Crippen molar-refractivity contribution < 1.29 is 4.79 Å². The number of allylic oxidation sites excluding steroid dienone is 1. The first-order valence-electron chi connectivity index (χ1n) is 4.60. The highest BCUT2D eigenvalue weighted by Gasteiger charge is 2.38. The van der Waals surface area contributed by atoms with Crippen molar-refractivity contribution in [2.75, 3.05) is 0 Å². The van der Waals surface area contributed by atoms with E-state index in [0.29, 0.717) is 5.70 Å². The number of primary amides is 1. The van der Waals surface area contributed by atoms with Crippen molar-refractivity contribution in [1.82, 2.24) is 5.32 Å². The van der Waals surface area contributed by atoms with Crippen LogP contribution in [0.2, 0.25) is 0 Å². The van der Waals surface area contributed by atoms with E-state index in [-0.39, 0.29) is 5.41 Å². The summed E-state index contributed by atoms with van der Waals surface area (Å²) in [5, 5.41) is 3.06. The van der Waals surface area contributed by atoms with Crippen LogP contribution in [0.1, 0.15) is 27.7 Å². The summed E-state index contributed by atoms with van der Waals surface area (Å²) in [4.78, 5) is 15.3. The number of carbonyl (C=O) groups excluding carboxylic acids is 1. The van der Waals surface area contributed by atoms with Crippen molar-refractivity contribution in [3.63, 3.8) is 0 Å². The van der Waals surface area contributed by atoms with Crippen LogP contribution in [0.5, 0.6) is 0 Å². The minimum Gasteiger partial charge on any atom is -0.364 e. The highest BCUT2D eigenvalue weighted by molar-refractivity contribution is 5.96. The molecule has 1 unspecified atom stereocenters. The summed E-state index contributed by atoms with van der Waals surface area (Å²) < 4.78 is 0. The zero-order valence-corrected chi connectivity index (χ0v) is 9.09. The molecule has 0 radical (unpaired) electrons. The van der Waals surface area contributed by atoms with E-state index < -0.39 is 11.6 Å². The minimum absolute atomic E-state index is 0.0849. The van der Waals surface area contributed by atoms with E-state index >= 15 is 0 Å². The second-order valence-electron chi connectivity index (χ2n) is 4.67. The number of aliphatic imine (C=N–C) groups is 1. The Balaban J connectivity index is 2.96. The Hall–Kier alpha value is -1.32. The van der Waals surface area contributed by atoms with Crippen LogP contribution in [0, 0.1) is 5.41 Å². The third-order valence-electron chi connectivity index (χ3n) is 2.68. The maximum Gasteiger partial charge on any atom is 0.264 e. The van der Waals surface area contributed by atoms with Crippen LogP contribution in [-0.4, -0.2) is 17.8 Å². The second-order valence-corrected chi connectivity index (χ2v) is 4.67. The lowest BCUT2D eigenvalue weighted by atomic mass is 9.81. The van der Waals surface area contributed by atoms with Gasteiger partial charge in [0.2, 0.25) is 0 Å². The standard InChI is InChI=1S/C10H17N3O/c1-9(2,3)10(4)12-6-5-7(13-10)8(11)14/h5-6,13H,1-4H3,(H2,11,14). The van der Waals surface area contributed by atoms with Crippen LogP contribution in [0.3, 0.4) is 0 Å². The van der Waals surface area contributed by atoms with Crippen molar-refractivity contribution in [3.8, 4) is 0 Å². The van der Waals surface area contributed by atoms with Crippen LogP contribution in [-0.2, 0) is 4.79 Å². The summed E-state index contributed by atoms with van der Waals surface area (Å²) in [7, 11) is 0. The molecule has 4 heteroatoms. The Kier molecular flexibility index (Phi) is 2.39. The lowest BCUT2D eigenvalue weighted by Gasteiger charge is -2.41. The van der Waals surface area contributed by atoms with Gasteiger partial charge in [-0.3, -0.25) is 9.79 Å². The van der Waals surface area contributed by atoms with Crippen molar-refractivity contribution in [3.05, 3.63) is 11.8 Å². The molecular weight excluding hydrogens is 178 g/mol. The van der Waals surface area contributed by atoms with Gasteiger partial charge in [0.25, 0.3) is 5.91 Å². The quantitative estimate of drug-likeness (QED) is 0.649. The van der Waals surface area contributed by atoms with E-state index in [1.165, 1.54) is 0 Å². The Bertz CT molecular complexity index is 312. The number of carbonyl (C=O) groups is 1. The maximum absolute atomic E-state index is 11.0. The molecule has 0 bridgehead atoms. The van der Waals surface area contributed by atoms with Gasteiger partial charge in [0.15, 0.2) is 0 Å². The average molecular weight is 195 g/mol. The average Bonchev–Trinajstić information content (AvgIpc) is 2.02. The molecule has 0 saturated carbocycles. The molecule has 0 aromatic heterocycles. The van der Waals surface area contributed by atoms with E-state index in [0.717, 1.165) is 0 Å². The van der Waals surface area contributed by atoms with Crippen LogP contribution in [0.4, 0.5) is 0 Å². The fraction of sp³-hybridized carbons (Fsp3) is 0.600. The number of nitrogens with zero attached hydrogens (tertiary/aromatic N) is 1. The van der Waals surface area contributed by atoms with Gasteiger partial charge in [-0.25, -0.2) is 0 Å². The van der Waals surface area contributed by atoms with Gasteiger partial charge < -0.3 is 11.1 Å². The topological polar surface area (TPSA) is 67.5 Å². The molecule has 1 atom stereocenters. The Morgan fingerprint density at radius 2 is 2.14 bits per heavy atom. The highest BCUT2D eigenvalue weighted by Crippen LogP contribution is 2.32. The molecule has 1 amide bonds. The smallest absolute Gasteiger partial charge is 0.264 e. The Morgan fingerprint density at radius 1 is 1.57 bits per heavy atom. The van der Waals surface area contributed by atoms with Crippen LogP contribution in [0.15, 0.2) is 16.8 Å². The fourth-order valence-corrected chi connectivity index (χ4v) is 1.12. The van der Waals surface area contributed by atoms with Crippen molar-refractivity contribution >= 4 is 12.1 Å². The van der Waals surface area contributed by atoms with Crippen LogP contribution < -0.4 is 11.1 Å². The lowest BCUT2D eigenvalue weighted by molar-refractivity contribution is -0.115. The van der Waals surface area contributed by atoms with E-state index in [1.807, 2.05) is 6.92 Å². The van der Waals surface area contributed by atoms with Gasteiger partial charge in [-0.05, 0) is 13.0 Å². The van der Waals surface area contributed by atoms with Crippen molar-refractivity contribution in [1.29, 1.82) is 0 Å². The number of hydrogen-bond donors (Lipinski definition) is 2. The third kappa shape index (κ3) is 1.78. The molecule has 4 nitrogen and oxygen atoms in total. The van der Waals surface area contributed by atoms with E-state index in [4.69, 9.17) is 5.73 Å². The van der Waals surface area contributed by atoms with E-state index in [2.05, 4.69) is 31.1 Å². The molecule has 0 saturated heterocycles. The zero-order valence-electron chi connectivity index (χ0n) is 9.09. The van der Waals surface area contributed by atoms with Gasteiger partial charge in [0, 0.05) is 11.6 Å². The Labute approximate surface area is 84.3 Å². The molecule has 0 spiro atoms.